The van der Waals surface area contributed by atoms with E-state index in [-0.39, 0.29) is 0 Å². The Balaban J connectivity index is 1.92. The van der Waals surface area contributed by atoms with E-state index in [1.807, 2.05) is 0 Å². The molecule has 0 saturated heterocycles. The second-order valence-corrected chi connectivity index (χ2v) is 9.27. The van der Waals surface area contributed by atoms with Crippen LogP contribution in [-0.2, 0) is 0 Å². The highest BCUT2D eigenvalue weighted by atomic mass is 15.0. The van der Waals surface area contributed by atoms with Crippen LogP contribution in [0.1, 0.15) is 74.1 Å². The number of rotatable bonds is 3. The molecule has 0 aromatic carbocycles. The van der Waals surface area contributed by atoms with Crippen molar-refractivity contribution in [3.8, 4) is 0 Å². The lowest BCUT2D eigenvalue weighted by Gasteiger charge is -2.41. The Bertz CT molecular complexity index is 307. The van der Waals surface area contributed by atoms with E-state index >= 15 is 0 Å². The third-order valence-corrected chi connectivity index (χ3v) is 6.78. The van der Waals surface area contributed by atoms with Gasteiger partial charge in [0.15, 0.2) is 0 Å². The number of hydrogen-bond acceptors (Lipinski definition) is 1. The van der Waals surface area contributed by atoms with E-state index in [1.54, 1.807) is 0 Å². The van der Waals surface area contributed by atoms with Crippen molar-refractivity contribution >= 4 is 0 Å². The fourth-order valence-corrected chi connectivity index (χ4v) is 4.52. The molecular formula is C18H35N. The van der Waals surface area contributed by atoms with Crippen LogP contribution in [0.15, 0.2) is 0 Å². The summed E-state index contributed by atoms with van der Waals surface area (Å²) in [5.41, 5.74) is 1.49. The van der Waals surface area contributed by atoms with Crippen LogP contribution in [0.3, 0.4) is 0 Å². The Kier molecular flexibility index (Phi) is 3.84. The summed E-state index contributed by atoms with van der Waals surface area (Å²) in [5.74, 6) is 1.70. The van der Waals surface area contributed by atoms with Crippen LogP contribution in [-0.4, -0.2) is 12.6 Å². The number of nitrogens with one attached hydrogen (secondary N) is 1. The molecule has 0 heterocycles. The van der Waals surface area contributed by atoms with Gasteiger partial charge in [-0.1, -0.05) is 61.3 Å². The molecule has 1 N–H and O–H groups in total. The zero-order chi connectivity index (χ0) is 14.5. The van der Waals surface area contributed by atoms with Crippen LogP contribution < -0.4 is 5.32 Å². The van der Waals surface area contributed by atoms with Gasteiger partial charge in [0.05, 0.1) is 0 Å². The fraction of sp³-hybridized carbons (Fsp3) is 1.00. The van der Waals surface area contributed by atoms with E-state index in [2.05, 4.69) is 53.8 Å². The topological polar surface area (TPSA) is 12.0 Å². The van der Waals surface area contributed by atoms with Crippen LogP contribution in [0.25, 0.3) is 0 Å². The zero-order valence-corrected chi connectivity index (χ0v) is 14.3. The summed E-state index contributed by atoms with van der Waals surface area (Å²) in [6.45, 7) is 18.2. The minimum atomic E-state index is 0.451. The van der Waals surface area contributed by atoms with Crippen LogP contribution in [0.5, 0.6) is 0 Å². The summed E-state index contributed by atoms with van der Waals surface area (Å²) in [6, 6.07) is 0.751. The summed E-state index contributed by atoms with van der Waals surface area (Å²) in [5, 5.41) is 3.95. The molecule has 2 aliphatic rings. The summed E-state index contributed by atoms with van der Waals surface area (Å²) in [7, 11) is 0. The van der Waals surface area contributed by atoms with Crippen molar-refractivity contribution < 1.29 is 0 Å². The van der Waals surface area contributed by atoms with Gasteiger partial charge in [-0.25, -0.2) is 0 Å². The largest absolute Gasteiger partial charge is 0.313 e. The molecule has 19 heavy (non-hydrogen) atoms. The minimum absolute atomic E-state index is 0.451. The highest BCUT2D eigenvalue weighted by Gasteiger charge is 2.64. The fourth-order valence-electron chi connectivity index (χ4n) is 4.52. The summed E-state index contributed by atoms with van der Waals surface area (Å²) < 4.78 is 0. The van der Waals surface area contributed by atoms with Crippen molar-refractivity contribution in [2.24, 2.45) is 28.1 Å². The summed E-state index contributed by atoms with van der Waals surface area (Å²) in [4.78, 5) is 0. The maximum atomic E-state index is 3.95. The van der Waals surface area contributed by atoms with Gasteiger partial charge in [-0.3, -0.25) is 0 Å². The average Bonchev–Trinajstić information content (AvgIpc) is 2.66. The first-order valence-corrected chi connectivity index (χ1v) is 8.32. The molecular weight excluding hydrogens is 230 g/mol. The molecule has 2 rings (SSSR count). The smallest absolute Gasteiger partial charge is 0.0100 e. The van der Waals surface area contributed by atoms with Gasteiger partial charge in [0.25, 0.3) is 0 Å². The average molecular weight is 265 g/mol. The molecule has 0 radical (unpaired) electrons. The Morgan fingerprint density at radius 1 is 0.947 bits per heavy atom. The maximum absolute atomic E-state index is 3.95. The van der Waals surface area contributed by atoms with E-state index < -0.39 is 0 Å². The van der Waals surface area contributed by atoms with E-state index in [0.29, 0.717) is 16.2 Å². The van der Waals surface area contributed by atoms with Gasteiger partial charge in [0.2, 0.25) is 0 Å². The van der Waals surface area contributed by atoms with Crippen molar-refractivity contribution in [3.63, 3.8) is 0 Å². The quantitative estimate of drug-likeness (QED) is 0.768. The van der Waals surface area contributed by atoms with Crippen molar-refractivity contribution in [3.05, 3.63) is 0 Å². The molecule has 0 aliphatic heterocycles. The Morgan fingerprint density at radius 3 is 1.95 bits per heavy atom. The first-order valence-electron chi connectivity index (χ1n) is 8.32. The van der Waals surface area contributed by atoms with Gasteiger partial charge in [0.1, 0.15) is 0 Å². The van der Waals surface area contributed by atoms with Gasteiger partial charge in [-0.2, -0.15) is 0 Å². The Hall–Kier alpha value is -0.0400. The lowest BCUT2D eigenvalue weighted by atomic mass is 9.69. The molecule has 0 amide bonds. The van der Waals surface area contributed by atoms with Crippen molar-refractivity contribution in [2.45, 2.75) is 80.2 Å². The third kappa shape index (κ3) is 2.73. The normalized spacial score (nSPS) is 34.3. The molecule has 2 atom stereocenters. The Labute approximate surface area is 120 Å². The maximum Gasteiger partial charge on any atom is 0.0100 e. The van der Waals surface area contributed by atoms with Gasteiger partial charge in [-0.05, 0) is 47.5 Å². The molecule has 2 saturated carbocycles. The first-order chi connectivity index (χ1) is 8.58. The van der Waals surface area contributed by atoms with Crippen molar-refractivity contribution in [1.82, 2.24) is 5.32 Å². The van der Waals surface area contributed by atoms with Crippen LogP contribution in [0.2, 0.25) is 0 Å². The highest BCUT2D eigenvalue weighted by molar-refractivity contribution is 5.13. The SMILES string of the molecule is CC(C)(C)C1CCCCC1NCC1C(C)(C)C1(C)C. The second kappa shape index (κ2) is 4.76. The zero-order valence-electron chi connectivity index (χ0n) is 14.3. The van der Waals surface area contributed by atoms with E-state index in [1.165, 1.54) is 32.2 Å². The predicted molar refractivity (Wildman–Crippen MR) is 84.3 cm³/mol. The molecule has 112 valence electrons. The number of hydrogen-bond donors (Lipinski definition) is 1. The van der Waals surface area contributed by atoms with E-state index in [4.69, 9.17) is 0 Å². The molecule has 0 bridgehead atoms. The Morgan fingerprint density at radius 2 is 1.47 bits per heavy atom. The second-order valence-electron chi connectivity index (χ2n) is 9.27. The monoisotopic (exact) mass is 265 g/mol. The molecule has 1 heteroatoms. The van der Waals surface area contributed by atoms with Crippen molar-refractivity contribution in [2.75, 3.05) is 6.54 Å². The lowest BCUT2D eigenvalue weighted by molar-refractivity contribution is 0.129. The first kappa shape index (κ1) is 15.4. The molecule has 2 aliphatic carbocycles. The van der Waals surface area contributed by atoms with E-state index in [9.17, 15) is 0 Å². The molecule has 2 fully saturated rings. The van der Waals surface area contributed by atoms with Crippen molar-refractivity contribution in [1.29, 1.82) is 0 Å². The summed E-state index contributed by atoms with van der Waals surface area (Å²) in [6.07, 6.45) is 5.65. The molecule has 1 nitrogen and oxygen atoms in total. The predicted octanol–water partition coefficient (Wildman–Crippen LogP) is 4.86. The molecule has 0 aromatic heterocycles. The van der Waals surface area contributed by atoms with Gasteiger partial charge in [0, 0.05) is 6.04 Å². The third-order valence-electron chi connectivity index (χ3n) is 6.78. The van der Waals surface area contributed by atoms with Gasteiger partial charge >= 0.3 is 0 Å². The van der Waals surface area contributed by atoms with Crippen LogP contribution in [0.4, 0.5) is 0 Å². The molecule has 0 aromatic rings. The van der Waals surface area contributed by atoms with Crippen LogP contribution >= 0.6 is 0 Å². The van der Waals surface area contributed by atoms with Gasteiger partial charge < -0.3 is 5.32 Å². The van der Waals surface area contributed by atoms with E-state index in [0.717, 1.165) is 17.9 Å². The molecule has 0 spiro atoms. The van der Waals surface area contributed by atoms with Gasteiger partial charge in [-0.15, -0.1) is 0 Å². The minimum Gasteiger partial charge on any atom is -0.313 e. The lowest BCUT2D eigenvalue weighted by Crippen LogP contribution is -2.45. The molecule has 2 unspecified atom stereocenters. The highest BCUT2D eigenvalue weighted by Crippen LogP contribution is 2.68. The summed E-state index contributed by atoms with van der Waals surface area (Å²) >= 11 is 0. The standard InChI is InChI=1S/C18H35N/c1-16(2,3)13-10-8-9-11-14(13)19-12-15-17(4,5)18(15,6)7/h13-15,19H,8-12H2,1-7H3. The van der Waals surface area contributed by atoms with Crippen LogP contribution in [0, 0.1) is 28.1 Å².